The zero-order chi connectivity index (χ0) is 14.1. The van der Waals surface area contributed by atoms with Crippen molar-refractivity contribution in [2.24, 2.45) is 0 Å². The molecule has 1 unspecified atom stereocenters. The zero-order valence-electron chi connectivity index (χ0n) is 10.9. The molecule has 0 aliphatic carbocycles. The van der Waals surface area contributed by atoms with Crippen LogP contribution in [0.3, 0.4) is 0 Å². The van der Waals surface area contributed by atoms with Crippen molar-refractivity contribution in [3.8, 4) is 0 Å². The van der Waals surface area contributed by atoms with Gasteiger partial charge in [0.25, 0.3) is 0 Å². The molecule has 0 aliphatic rings. The van der Waals surface area contributed by atoms with Crippen LogP contribution in [0.15, 0.2) is 17.5 Å². The highest BCUT2D eigenvalue weighted by atomic mass is 32.1. The van der Waals surface area contributed by atoms with Gasteiger partial charge < -0.3 is 10.2 Å². The first-order valence-electron chi connectivity index (χ1n) is 6.59. The standard InChI is InChI=1S/C14H20O4S/c15-13(16)9-5-3-1-2-4-7-11(14(17)18)12-8-6-10-19-12/h6,8,10-11H,1-5,7,9H2,(H,15,16)(H,17,18). The van der Waals surface area contributed by atoms with Gasteiger partial charge in [0.2, 0.25) is 0 Å². The van der Waals surface area contributed by atoms with E-state index in [2.05, 4.69) is 0 Å². The predicted molar refractivity (Wildman–Crippen MR) is 74.7 cm³/mol. The molecule has 0 aromatic carbocycles. The summed E-state index contributed by atoms with van der Waals surface area (Å²) in [6.45, 7) is 0. The maximum Gasteiger partial charge on any atom is 0.311 e. The van der Waals surface area contributed by atoms with E-state index in [0.717, 1.165) is 30.6 Å². The third-order valence-electron chi connectivity index (χ3n) is 3.07. The van der Waals surface area contributed by atoms with Gasteiger partial charge in [0.05, 0.1) is 5.92 Å². The van der Waals surface area contributed by atoms with E-state index < -0.39 is 11.9 Å². The fourth-order valence-corrected chi connectivity index (χ4v) is 2.89. The zero-order valence-corrected chi connectivity index (χ0v) is 11.7. The largest absolute Gasteiger partial charge is 0.481 e. The summed E-state index contributed by atoms with van der Waals surface area (Å²) in [5.74, 6) is -1.89. The predicted octanol–water partition coefficient (Wildman–Crippen LogP) is 3.73. The van der Waals surface area contributed by atoms with Gasteiger partial charge in [-0.15, -0.1) is 11.3 Å². The molecule has 0 amide bonds. The summed E-state index contributed by atoms with van der Waals surface area (Å²) in [4.78, 5) is 22.4. The molecule has 0 bridgehead atoms. The second kappa shape index (κ2) is 8.69. The van der Waals surface area contributed by atoms with Crippen LogP contribution in [0.2, 0.25) is 0 Å². The van der Waals surface area contributed by atoms with Gasteiger partial charge in [0, 0.05) is 11.3 Å². The van der Waals surface area contributed by atoms with Crippen molar-refractivity contribution < 1.29 is 19.8 Å². The Balaban J connectivity index is 2.16. The first-order valence-corrected chi connectivity index (χ1v) is 7.47. The highest BCUT2D eigenvalue weighted by Crippen LogP contribution is 2.27. The summed E-state index contributed by atoms with van der Waals surface area (Å²) in [7, 11) is 0. The summed E-state index contributed by atoms with van der Waals surface area (Å²) >= 11 is 1.49. The van der Waals surface area contributed by atoms with Crippen molar-refractivity contribution in [1.29, 1.82) is 0 Å². The lowest BCUT2D eigenvalue weighted by Crippen LogP contribution is -2.10. The average Bonchev–Trinajstić information content (AvgIpc) is 2.85. The average molecular weight is 284 g/mol. The van der Waals surface area contributed by atoms with Crippen LogP contribution in [0.25, 0.3) is 0 Å². The van der Waals surface area contributed by atoms with Crippen LogP contribution in [0, 0.1) is 0 Å². The minimum atomic E-state index is -0.756. The van der Waals surface area contributed by atoms with Crippen molar-refractivity contribution in [2.75, 3.05) is 0 Å². The van der Waals surface area contributed by atoms with E-state index in [1.807, 2.05) is 17.5 Å². The van der Waals surface area contributed by atoms with Crippen molar-refractivity contribution in [3.63, 3.8) is 0 Å². The molecule has 106 valence electrons. The van der Waals surface area contributed by atoms with Crippen molar-refractivity contribution >= 4 is 23.3 Å². The number of thiophene rings is 1. The highest BCUT2D eigenvalue weighted by Gasteiger charge is 2.19. The second-order valence-electron chi connectivity index (χ2n) is 4.61. The molecule has 1 aromatic heterocycles. The number of carboxylic acids is 2. The molecule has 1 heterocycles. The summed E-state index contributed by atoms with van der Waals surface area (Å²) in [6, 6.07) is 3.75. The molecule has 1 aromatic rings. The lowest BCUT2D eigenvalue weighted by atomic mass is 9.99. The van der Waals surface area contributed by atoms with Crippen LogP contribution in [0.1, 0.15) is 55.7 Å². The van der Waals surface area contributed by atoms with E-state index in [-0.39, 0.29) is 12.3 Å². The Morgan fingerprint density at radius 3 is 2.37 bits per heavy atom. The van der Waals surface area contributed by atoms with Crippen LogP contribution in [-0.4, -0.2) is 22.2 Å². The lowest BCUT2D eigenvalue weighted by Gasteiger charge is -2.09. The topological polar surface area (TPSA) is 74.6 Å². The van der Waals surface area contributed by atoms with Gasteiger partial charge in [-0.05, 0) is 24.3 Å². The van der Waals surface area contributed by atoms with Crippen LogP contribution < -0.4 is 0 Å². The molecule has 0 radical (unpaired) electrons. The first kappa shape index (κ1) is 15.7. The van der Waals surface area contributed by atoms with E-state index in [4.69, 9.17) is 5.11 Å². The van der Waals surface area contributed by atoms with Crippen molar-refractivity contribution in [3.05, 3.63) is 22.4 Å². The van der Waals surface area contributed by atoms with Crippen LogP contribution in [-0.2, 0) is 9.59 Å². The molecular formula is C14H20O4S. The Morgan fingerprint density at radius 2 is 1.79 bits per heavy atom. The summed E-state index contributed by atoms with van der Waals surface area (Å²) in [5.41, 5.74) is 0. The first-order chi connectivity index (χ1) is 9.11. The molecule has 19 heavy (non-hydrogen) atoms. The number of hydrogen-bond donors (Lipinski definition) is 2. The molecule has 1 rings (SSSR count). The van der Waals surface area contributed by atoms with E-state index in [1.54, 1.807) is 0 Å². The number of carboxylic acid groups (broad SMARTS) is 2. The molecule has 0 aliphatic heterocycles. The number of unbranched alkanes of at least 4 members (excludes halogenated alkanes) is 4. The van der Waals surface area contributed by atoms with Gasteiger partial charge in [-0.2, -0.15) is 0 Å². The monoisotopic (exact) mass is 284 g/mol. The normalized spacial score (nSPS) is 12.2. The smallest absolute Gasteiger partial charge is 0.311 e. The van der Waals surface area contributed by atoms with Gasteiger partial charge in [0.15, 0.2) is 0 Å². The van der Waals surface area contributed by atoms with Crippen LogP contribution in [0.5, 0.6) is 0 Å². The Labute approximate surface area is 117 Å². The molecule has 4 nitrogen and oxygen atoms in total. The van der Waals surface area contributed by atoms with Crippen LogP contribution in [0.4, 0.5) is 0 Å². The fraction of sp³-hybridized carbons (Fsp3) is 0.571. The van der Waals surface area contributed by atoms with Crippen LogP contribution >= 0.6 is 11.3 Å². The van der Waals surface area contributed by atoms with Gasteiger partial charge in [-0.3, -0.25) is 9.59 Å². The maximum absolute atomic E-state index is 11.2. The Morgan fingerprint density at radius 1 is 1.11 bits per heavy atom. The van der Waals surface area contributed by atoms with Gasteiger partial charge in [-0.25, -0.2) is 0 Å². The molecule has 5 heteroatoms. The second-order valence-corrected chi connectivity index (χ2v) is 5.59. The molecule has 0 saturated carbocycles. The summed E-state index contributed by atoms with van der Waals surface area (Å²) < 4.78 is 0. The quantitative estimate of drug-likeness (QED) is 0.642. The Hall–Kier alpha value is -1.36. The SMILES string of the molecule is O=C(O)CCCCCCCC(C(=O)O)c1cccs1. The maximum atomic E-state index is 11.2. The highest BCUT2D eigenvalue weighted by molar-refractivity contribution is 7.10. The minimum absolute atomic E-state index is 0.229. The van der Waals surface area contributed by atoms with Gasteiger partial charge >= 0.3 is 11.9 Å². The van der Waals surface area contributed by atoms with Gasteiger partial charge in [0.1, 0.15) is 0 Å². The molecule has 0 saturated heterocycles. The molecule has 2 N–H and O–H groups in total. The van der Waals surface area contributed by atoms with E-state index in [1.165, 1.54) is 11.3 Å². The third-order valence-corrected chi connectivity index (χ3v) is 4.05. The summed E-state index contributed by atoms with van der Waals surface area (Å²) in [6.07, 6.45) is 5.33. The Bertz CT molecular complexity index is 386. The van der Waals surface area contributed by atoms with E-state index in [0.29, 0.717) is 12.8 Å². The molecular weight excluding hydrogens is 264 g/mol. The van der Waals surface area contributed by atoms with Gasteiger partial charge in [-0.1, -0.05) is 31.7 Å². The van der Waals surface area contributed by atoms with Crippen molar-refractivity contribution in [2.45, 2.75) is 50.9 Å². The number of rotatable bonds is 10. The number of hydrogen-bond acceptors (Lipinski definition) is 3. The minimum Gasteiger partial charge on any atom is -0.481 e. The number of aliphatic carboxylic acids is 2. The van der Waals surface area contributed by atoms with E-state index in [9.17, 15) is 14.7 Å². The van der Waals surface area contributed by atoms with E-state index >= 15 is 0 Å². The lowest BCUT2D eigenvalue weighted by molar-refractivity contribution is -0.139. The molecule has 0 fully saturated rings. The Kier molecular flexibility index (Phi) is 7.18. The fourth-order valence-electron chi connectivity index (χ4n) is 2.03. The molecule has 0 spiro atoms. The van der Waals surface area contributed by atoms with Crippen molar-refractivity contribution in [1.82, 2.24) is 0 Å². The third kappa shape index (κ3) is 6.38. The molecule has 1 atom stereocenters. The summed E-state index contributed by atoms with van der Waals surface area (Å²) in [5, 5.41) is 19.6. The number of carbonyl (C=O) groups is 2.